The molecule has 0 bridgehead atoms. The molecule has 1 saturated carbocycles. The molecule has 0 aromatic heterocycles. The topological polar surface area (TPSA) is 52.7 Å². The van der Waals surface area contributed by atoms with Crippen molar-refractivity contribution in [1.82, 2.24) is 15.1 Å². The molecule has 1 aliphatic carbocycles. The van der Waals surface area contributed by atoms with Gasteiger partial charge in [0, 0.05) is 19.1 Å². The molecule has 2 amide bonds. The molecule has 27 heavy (non-hydrogen) atoms. The Morgan fingerprint density at radius 3 is 2.41 bits per heavy atom. The van der Waals surface area contributed by atoms with Crippen molar-refractivity contribution >= 4 is 11.8 Å². The Labute approximate surface area is 162 Å². The van der Waals surface area contributed by atoms with E-state index in [0.717, 1.165) is 64.6 Å². The lowest BCUT2D eigenvalue weighted by Crippen LogP contribution is -2.49. The van der Waals surface area contributed by atoms with E-state index in [1.807, 2.05) is 4.90 Å². The van der Waals surface area contributed by atoms with E-state index in [9.17, 15) is 9.59 Å². The lowest BCUT2D eigenvalue weighted by Gasteiger charge is -2.34. The molecule has 1 aromatic rings. The van der Waals surface area contributed by atoms with Crippen molar-refractivity contribution in [1.29, 1.82) is 0 Å². The molecule has 5 heteroatoms. The summed E-state index contributed by atoms with van der Waals surface area (Å²) in [6, 6.07) is 10.9. The van der Waals surface area contributed by atoms with Crippen molar-refractivity contribution in [2.24, 2.45) is 5.92 Å². The Kier molecular flexibility index (Phi) is 5.77. The van der Waals surface area contributed by atoms with E-state index < -0.39 is 0 Å². The summed E-state index contributed by atoms with van der Waals surface area (Å²) in [5.74, 6) is 0.990. The summed E-state index contributed by atoms with van der Waals surface area (Å²) < 4.78 is 0. The van der Waals surface area contributed by atoms with Gasteiger partial charge in [0.25, 0.3) is 0 Å². The fourth-order valence-corrected chi connectivity index (χ4v) is 4.45. The zero-order valence-corrected chi connectivity index (χ0v) is 16.1. The smallest absolute Gasteiger partial charge is 0.237 e. The number of carbonyl (C=O) groups is 2. The Bertz CT molecular complexity index is 651. The van der Waals surface area contributed by atoms with Crippen LogP contribution in [0.3, 0.4) is 0 Å². The van der Waals surface area contributed by atoms with Crippen LogP contribution in [0.25, 0.3) is 0 Å². The molecule has 2 saturated heterocycles. The van der Waals surface area contributed by atoms with Gasteiger partial charge in [-0.05, 0) is 63.0 Å². The molecule has 0 spiro atoms. The molecule has 3 aliphatic rings. The number of nitrogens with zero attached hydrogens (tertiary/aromatic N) is 2. The van der Waals surface area contributed by atoms with Crippen LogP contribution in [0.5, 0.6) is 0 Å². The predicted molar refractivity (Wildman–Crippen MR) is 105 cm³/mol. The van der Waals surface area contributed by atoms with E-state index in [4.69, 9.17) is 0 Å². The quantitative estimate of drug-likeness (QED) is 0.836. The molecule has 0 radical (unpaired) electrons. The molecule has 1 aromatic carbocycles. The Hall–Kier alpha value is -1.88. The van der Waals surface area contributed by atoms with Crippen molar-refractivity contribution in [3.8, 4) is 0 Å². The fraction of sp³-hybridized carbons (Fsp3) is 0.636. The van der Waals surface area contributed by atoms with Crippen molar-refractivity contribution < 1.29 is 9.59 Å². The summed E-state index contributed by atoms with van der Waals surface area (Å²) in [6.45, 7) is 2.96. The zero-order valence-electron chi connectivity index (χ0n) is 16.1. The summed E-state index contributed by atoms with van der Waals surface area (Å²) in [4.78, 5) is 29.3. The lowest BCUT2D eigenvalue weighted by atomic mass is 9.90. The third-order valence-corrected chi connectivity index (χ3v) is 6.26. The Balaban J connectivity index is 1.23. The van der Waals surface area contributed by atoms with Crippen LogP contribution in [-0.2, 0) is 16.0 Å². The molecule has 1 atom stereocenters. The molecule has 3 fully saturated rings. The average Bonchev–Trinajstić information content (AvgIpc) is 3.38. The third-order valence-electron chi connectivity index (χ3n) is 6.26. The number of likely N-dealkylation sites (tertiary alicyclic amines) is 2. The highest BCUT2D eigenvalue weighted by molar-refractivity contribution is 5.84. The van der Waals surface area contributed by atoms with Crippen LogP contribution < -0.4 is 5.32 Å². The molecule has 2 heterocycles. The first kappa shape index (κ1) is 18.5. The number of hydrogen-bond acceptors (Lipinski definition) is 3. The summed E-state index contributed by atoms with van der Waals surface area (Å²) in [5.41, 5.74) is 1.39. The van der Waals surface area contributed by atoms with Gasteiger partial charge < -0.3 is 10.2 Å². The van der Waals surface area contributed by atoms with Crippen molar-refractivity contribution in [3.63, 3.8) is 0 Å². The van der Waals surface area contributed by atoms with E-state index in [1.165, 1.54) is 5.56 Å². The average molecular weight is 370 g/mol. The maximum atomic E-state index is 12.8. The number of hydrogen-bond donors (Lipinski definition) is 1. The number of piperidine rings is 1. The number of rotatable bonds is 6. The molecule has 2 aliphatic heterocycles. The van der Waals surface area contributed by atoms with Crippen LogP contribution in [0, 0.1) is 5.92 Å². The van der Waals surface area contributed by atoms with Crippen LogP contribution in [0.15, 0.2) is 30.3 Å². The Morgan fingerprint density at radius 2 is 1.70 bits per heavy atom. The minimum Gasteiger partial charge on any atom is -0.352 e. The highest BCUT2D eigenvalue weighted by Crippen LogP contribution is 2.24. The summed E-state index contributed by atoms with van der Waals surface area (Å²) in [7, 11) is 0. The molecule has 4 rings (SSSR count). The van der Waals surface area contributed by atoms with Gasteiger partial charge in [-0.25, -0.2) is 0 Å². The van der Waals surface area contributed by atoms with Gasteiger partial charge in [0.05, 0.1) is 12.6 Å². The molecular weight excluding hydrogens is 338 g/mol. The second-order valence-electron chi connectivity index (χ2n) is 8.43. The van der Waals surface area contributed by atoms with Crippen LogP contribution in [-0.4, -0.2) is 59.9 Å². The van der Waals surface area contributed by atoms with Gasteiger partial charge in [-0.3, -0.25) is 14.5 Å². The van der Waals surface area contributed by atoms with Gasteiger partial charge in [0.15, 0.2) is 0 Å². The summed E-state index contributed by atoms with van der Waals surface area (Å²) in [5, 5.41) is 3.10. The second-order valence-corrected chi connectivity index (χ2v) is 8.43. The van der Waals surface area contributed by atoms with Crippen molar-refractivity contribution in [2.75, 3.05) is 26.2 Å². The van der Waals surface area contributed by atoms with Crippen LogP contribution >= 0.6 is 0 Å². The SMILES string of the molecule is O=C(NC1CC1)C1CCCN1CC(=O)N1CCC(Cc2ccccc2)CC1. The largest absolute Gasteiger partial charge is 0.352 e. The van der Waals surface area contributed by atoms with Gasteiger partial charge >= 0.3 is 0 Å². The summed E-state index contributed by atoms with van der Waals surface area (Å²) in [6.07, 6.45) is 7.36. The first-order valence-electron chi connectivity index (χ1n) is 10.5. The normalized spacial score (nSPS) is 24.1. The van der Waals surface area contributed by atoms with E-state index in [0.29, 0.717) is 18.5 Å². The molecule has 5 nitrogen and oxygen atoms in total. The number of amides is 2. The molecular formula is C22H31N3O2. The predicted octanol–water partition coefficient (Wildman–Crippen LogP) is 2.21. The monoisotopic (exact) mass is 369 g/mol. The standard InChI is InChI=1S/C22H31N3O2/c26-21(16-25-12-4-7-20(25)22(27)23-19-8-9-19)24-13-10-18(11-14-24)15-17-5-2-1-3-6-17/h1-3,5-6,18-20H,4,7-16H2,(H,23,27). The maximum absolute atomic E-state index is 12.8. The highest BCUT2D eigenvalue weighted by atomic mass is 16.2. The number of carbonyl (C=O) groups excluding carboxylic acids is 2. The third kappa shape index (κ3) is 4.89. The summed E-state index contributed by atoms with van der Waals surface area (Å²) >= 11 is 0. The van der Waals surface area contributed by atoms with Crippen LogP contribution in [0.1, 0.15) is 44.1 Å². The van der Waals surface area contributed by atoms with Crippen molar-refractivity contribution in [2.45, 2.75) is 57.0 Å². The molecule has 146 valence electrons. The van der Waals surface area contributed by atoms with Gasteiger partial charge in [-0.15, -0.1) is 0 Å². The second kappa shape index (κ2) is 8.42. The highest BCUT2D eigenvalue weighted by Gasteiger charge is 2.35. The minimum absolute atomic E-state index is 0.106. The van der Waals surface area contributed by atoms with Gasteiger partial charge in [-0.2, -0.15) is 0 Å². The van der Waals surface area contributed by atoms with Crippen molar-refractivity contribution in [3.05, 3.63) is 35.9 Å². The van der Waals surface area contributed by atoms with Gasteiger partial charge in [0.1, 0.15) is 0 Å². The maximum Gasteiger partial charge on any atom is 0.237 e. The number of nitrogens with one attached hydrogen (secondary N) is 1. The first-order chi connectivity index (χ1) is 13.2. The van der Waals surface area contributed by atoms with Crippen LogP contribution in [0.2, 0.25) is 0 Å². The minimum atomic E-state index is -0.106. The van der Waals surface area contributed by atoms with Gasteiger partial charge in [0.2, 0.25) is 11.8 Å². The molecule has 1 N–H and O–H groups in total. The zero-order chi connectivity index (χ0) is 18.6. The van der Waals surface area contributed by atoms with E-state index in [1.54, 1.807) is 0 Å². The van der Waals surface area contributed by atoms with Crippen LogP contribution in [0.4, 0.5) is 0 Å². The number of benzene rings is 1. The van der Waals surface area contributed by atoms with E-state index >= 15 is 0 Å². The Morgan fingerprint density at radius 1 is 0.963 bits per heavy atom. The van der Waals surface area contributed by atoms with E-state index in [-0.39, 0.29) is 17.9 Å². The molecule has 1 unspecified atom stereocenters. The fourth-order valence-electron chi connectivity index (χ4n) is 4.45. The first-order valence-corrected chi connectivity index (χ1v) is 10.5. The van der Waals surface area contributed by atoms with Gasteiger partial charge in [-0.1, -0.05) is 30.3 Å². The lowest BCUT2D eigenvalue weighted by molar-refractivity contribution is -0.135. The van der Waals surface area contributed by atoms with E-state index in [2.05, 4.69) is 40.5 Å².